The van der Waals surface area contributed by atoms with E-state index in [9.17, 15) is 10.1 Å². The Morgan fingerprint density at radius 2 is 1.89 bits per heavy atom. The second kappa shape index (κ2) is 4.33. The van der Waals surface area contributed by atoms with Gasteiger partial charge in [-0.25, -0.2) is 0 Å². The van der Waals surface area contributed by atoms with Gasteiger partial charge in [-0.15, -0.1) is 0 Å². The Labute approximate surface area is 106 Å². The van der Waals surface area contributed by atoms with E-state index in [1.807, 2.05) is 26.8 Å². The van der Waals surface area contributed by atoms with Gasteiger partial charge in [-0.1, -0.05) is 32.9 Å². The van der Waals surface area contributed by atoms with E-state index in [4.69, 9.17) is 9.47 Å². The fourth-order valence-corrected chi connectivity index (χ4v) is 2.27. The van der Waals surface area contributed by atoms with Gasteiger partial charge in [0.1, 0.15) is 0 Å². The molecule has 0 N–H and O–H groups in total. The third kappa shape index (κ3) is 2.00. The van der Waals surface area contributed by atoms with Gasteiger partial charge in [-0.2, -0.15) is 0 Å². The maximum Gasteiger partial charge on any atom is 0.269 e. The number of nitro benzene ring substituents is 1. The molecule has 0 aromatic heterocycles. The molecule has 1 heterocycles. The Morgan fingerprint density at radius 3 is 2.39 bits per heavy atom. The number of benzene rings is 1. The molecular weight excluding hydrogens is 234 g/mol. The molecule has 2 rings (SSSR count). The Hall–Kier alpha value is -1.46. The van der Waals surface area contributed by atoms with Crippen molar-refractivity contribution in [1.29, 1.82) is 0 Å². The maximum absolute atomic E-state index is 10.8. The summed E-state index contributed by atoms with van der Waals surface area (Å²) in [6.07, 6.45) is 0. The molecule has 0 amide bonds. The largest absolute Gasteiger partial charge is 0.343 e. The van der Waals surface area contributed by atoms with Crippen LogP contribution in [0, 0.1) is 15.5 Å². The van der Waals surface area contributed by atoms with Gasteiger partial charge >= 0.3 is 0 Å². The zero-order chi connectivity index (χ0) is 13.4. The van der Waals surface area contributed by atoms with Gasteiger partial charge in [0, 0.05) is 23.1 Å². The SMILES string of the molecule is CC(C)(C)C1(c2cccc([N+](=O)[O-])c2)OCCO1. The van der Waals surface area contributed by atoms with Gasteiger partial charge in [-0.05, 0) is 0 Å². The minimum absolute atomic E-state index is 0.0511. The number of nitro groups is 1. The first-order valence-corrected chi connectivity index (χ1v) is 5.90. The summed E-state index contributed by atoms with van der Waals surface area (Å²) in [5.74, 6) is -0.904. The molecule has 0 unspecified atom stereocenters. The minimum Gasteiger partial charge on any atom is -0.343 e. The summed E-state index contributed by atoms with van der Waals surface area (Å²) in [4.78, 5) is 10.4. The van der Waals surface area contributed by atoms with Crippen molar-refractivity contribution in [3.8, 4) is 0 Å². The van der Waals surface area contributed by atoms with E-state index in [0.717, 1.165) is 0 Å². The van der Waals surface area contributed by atoms with Crippen LogP contribution in [0.4, 0.5) is 5.69 Å². The molecule has 0 bridgehead atoms. The number of hydrogen-bond donors (Lipinski definition) is 0. The van der Waals surface area contributed by atoms with Crippen LogP contribution < -0.4 is 0 Å². The standard InChI is InChI=1S/C13H17NO4/c1-12(2,3)13(17-7-8-18-13)10-5-4-6-11(9-10)14(15)16/h4-6,9H,7-8H2,1-3H3. The summed E-state index contributed by atoms with van der Waals surface area (Å²) in [6.45, 7) is 6.99. The van der Waals surface area contributed by atoms with Gasteiger partial charge in [0.2, 0.25) is 0 Å². The van der Waals surface area contributed by atoms with Crippen LogP contribution in [0.1, 0.15) is 26.3 Å². The third-order valence-electron chi connectivity index (χ3n) is 3.12. The van der Waals surface area contributed by atoms with Crippen molar-refractivity contribution < 1.29 is 14.4 Å². The zero-order valence-electron chi connectivity index (χ0n) is 10.8. The lowest BCUT2D eigenvalue weighted by Gasteiger charge is -2.39. The van der Waals surface area contributed by atoms with E-state index < -0.39 is 10.7 Å². The number of non-ortho nitro benzene ring substituents is 1. The Morgan fingerprint density at radius 1 is 1.28 bits per heavy atom. The molecule has 1 fully saturated rings. The quantitative estimate of drug-likeness (QED) is 0.599. The topological polar surface area (TPSA) is 61.6 Å². The molecule has 1 saturated heterocycles. The van der Waals surface area contributed by atoms with Crippen LogP contribution in [0.3, 0.4) is 0 Å². The van der Waals surface area contributed by atoms with Crippen molar-refractivity contribution in [3.63, 3.8) is 0 Å². The molecule has 1 aliphatic heterocycles. The summed E-state index contributed by atoms with van der Waals surface area (Å²) in [5.41, 5.74) is 0.440. The molecule has 98 valence electrons. The maximum atomic E-state index is 10.8. The van der Waals surface area contributed by atoms with Gasteiger partial charge in [0.25, 0.3) is 5.69 Å². The Balaban J connectivity index is 2.50. The number of rotatable bonds is 2. The second-order valence-corrected chi connectivity index (χ2v) is 5.37. The van der Waals surface area contributed by atoms with Gasteiger partial charge in [0.05, 0.1) is 18.1 Å². The lowest BCUT2D eigenvalue weighted by atomic mass is 9.80. The molecule has 0 radical (unpaired) electrons. The van der Waals surface area contributed by atoms with Crippen LogP contribution in [-0.4, -0.2) is 18.1 Å². The predicted octanol–water partition coefficient (Wildman–Crippen LogP) is 2.84. The highest BCUT2D eigenvalue weighted by molar-refractivity contribution is 5.37. The average molecular weight is 251 g/mol. The molecule has 0 saturated carbocycles. The van der Waals surface area contributed by atoms with Crippen molar-refractivity contribution in [1.82, 2.24) is 0 Å². The average Bonchev–Trinajstić information content (AvgIpc) is 2.78. The highest BCUT2D eigenvalue weighted by atomic mass is 16.7. The Kier molecular flexibility index (Phi) is 3.12. The van der Waals surface area contributed by atoms with Crippen molar-refractivity contribution in [2.75, 3.05) is 13.2 Å². The fourth-order valence-electron chi connectivity index (χ4n) is 2.27. The molecule has 1 aliphatic rings. The van der Waals surface area contributed by atoms with Crippen molar-refractivity contribution in [3.05, 3.63) is 39.9 Å². The smallest absolute Gasteiger partial charge is 0.269 e. The molecular formula is C13H17NO4. The molecule has 0 aliphatic carbocycles. The summed E-state index contributed by atoms with van der Waals surface area (Å²) >= 11 is 0. The first kappa shape index (κ1) is 13.0. The molecule has 1 aromatic rings. The molecule has 5 heteroatoms. The monoisotopic (exact) mass is 251 g/mol. The van der Waals surface area contributed by atoms with Crippen LogP contribution in [0.25, 0.3) is 0 Å². The fraction of sp³-hybridized carbons (Fsp3) is 0.538. The van der Waals surface area contributed by atoms with Crippen LogP contribution >= 0.6 is 0 Å². The first-order chi connectivity index (χ1) is 8.37. The second-order valence-electron chi connectivity index (χ2n) is 5.37. The number of hydrogen-bond acceptors (Lipinski definition) is 4. The highest BCUT2D eigenvalue weighted by Crippen LogP contribution is 2.46. The van der Waals surface area contributed by atoms with Crippen LogP contribution in [-0.2, 0) is 15.3 Å². The first-order valence-electron chi connectivity index (χ1n) is 5.90. The van der Waals surface area contributed by atoms with Crippen LogP contribution in [0.2, 0.25) is 0 Å². The predicted molar refractivity (Wildman–Crippen MR) is 66.1 cm³/mol. The summed E-state index contributed by atoms with van der Waals surface area (Å²) in [5, 5.41) is 10.8. The van der Waals surface area contributed by atoms with E-state index in [2.05, 4.69) is 0 Å². The minimum atomic E-state index is -0.904. The Bertz CT molecular complexity index is 458. The third-order valence-corrected chi connectivity index (χ3v) is 3.12. The highest BCUT2D eigenvalue weighted by Gasteiger charge is 2.49. The molecule has 5 nitrogen and oxygen atoms in total. The van der Waals surface area contributed by atoms with Crippen molar-refractivity contribution in [2.45, 2.75) is 26.6 Å². The van der Waals surface area contributed by atoms with Crippen LogP contribution in [0.15, 0.2) is 24.3 Å². The number of nitrogens with zero attached hydrogens (tertiary/aromatic N) is 1. The van der Waals surface area contributed by atoms with E-state index in [1.54, 1.807) is 6.07 Å². The molecule has 18 heavy (non-hydrogen) atoms. The lowest BCUT2D eigenvalue weighted by Crippen LogP contribution is -2.41. The van der Waals surface area contributed by atoms with Crippen molar-refractivity contribution >= 4 is 5.69 Å². The zero-order valence-corrected chi connectivity index (χ0v) is 10.8. The van der Waals surface area contributed by atoms with E-state index in [-0.39, 0.29) is 11.1 Å². The van der Waals surface area contributed by atoms with Gasteiger partial charge in [0.15, 0.2) is 5.79 Å². The molecule has 0 atom stereocenters. The summed E-state index contributed by atoms with van der Waals surface area (Å²) in [6, 6.07) is 6.46. The van der Waals surface area contributed by atoms with E-state index >= 15 is 0 Å². The van der Waals surface area contributed by atoms with Gasteiger partial charge in [-0.3, -0.25) is 10.1 Å². The number of ether oxygens (including phenoxy) is 2. The molecule has 1 aromatic carbocycles. The van der Waals surface area contributed by atoms with Gasteiger partial charge < -0.3 is 9.47 Å². The normalized spacial score (nSPS) is 18.8. The summed E-state index contributed by atoms with van der Waals surface area (Å²) in [7, 11) is 0. The van der Waals surface area contributed by atoms with Crippen LogP contribution in [0.5, 0.6) is 0 Å². The summed E-state index contributed by atoms with van der Waals surface area (Å²) < 4.78 is 11.6. The van der Waals surface area contributed by atoms with E-state index in [1.165, 1.54) is 12.1 Å². The lowest BCUT2D eigenvalue weighted by molar-refractivity contribution is -0.385. The van der Waals surface area contributed by atoms with Crippen molar-refractivity contribution in [2.24, 2.45) is 5.41 Å². The van der Waals surface area contributed by atoms with E-state index in [0.29, 0.717) is 18.8 Å². The molecule has 0 spiro atoms.